The molecule has 0 aliphatic heterocycles. The van der Waals surface area contributed by atoms with Crippen molar-refractivity contribution in [2.24, 2.45) is 0 Å². The number of hydrogen-bond donors (Lipinski definition) is 1. The van der Waals surface area contributed by atoms with Crippen molar-refractivity contribution < 1.29 is 14.0 Å². The van der Waals surface area contributed by atoms with Crippen LogP contribution in [0.15, 0.2) is 102 Å². The van der Waals surface area contributed by atoms with Gasteiger partial charge >= 0.3 is 0 Å². The zero-order valence-corrected chi connectivity index (χ0v) is 20.4. The highest BCUT2D eigenvalue weighted by molar-refractivity contribution is 5.89. The Hall–Kier alpha value is -4.72. The van der Waals surface area contributed by atoms with E-state index in [1.165, 1.54) is 0 Å². The lowest BCUT2D eigenvalue weighted by molar-refractivity contribution is -0.142. The van der Waals surface area contributed by atoms with Crippen molar-refractivity contribution >= 4 is 22.8 Å². The third-order valence-corrected chi connectivity index (χ3v) is 6.19. The highest BCUT2D eigenvalue weighted by atomic mass is 16.3. The fourth-order valence-corrected chi connectivity index (χ4v) is 4.25. The Labute approximate surface area is 214 Å². The number of nitrogens with zero attached hydrogens (tertiary/aromatic N) is 4. The second-order valence-corrected chi connectivity index (χ2v) is 8.85. The first-order valence-electron chi connectivity index (χ1n) is 12.1. The fourth-order valence-electron chi connectivity index (χ4n) is 4.25. The molecule has 1 N–H and O–H groups in total. The Balaban J connectivity index is 1.49. The number of aryl methyl sites for hydroxylation is 1. The van der Waals surface area contributed by atoms with E-state index in [9.17, 15) is 9.59 Å². The third-order valence-electron chi connectivity index (χ3n) is 6.19. The summed E-state index contributed by atoms with van der Waals surface area (Å²) in [5, 5.41) is 11.4. The average molecular weight is 494 g/mol. The number of nitrogens with one attached hydrogen (secondary N) is 1. The molecule has 2 amide bonds. The van der Waals surface area contributed by atoms with Crippen molar-refractivity contribution in [3.05, 3.63) is 120 Å². The largest absolute Gasteiger partial charge is 0.467 e. The number of hydrogen-bond acceptors (Lipinski definition) is 5. The van der Waals surface area contributed by atoms with E-state index in [1.54, 1.807) is 28.0 Å². The van der Waals surface area contributed by atoms with Crippen LogP contribution < -0.4 is 5.32 Å². The van der Waals surface area contributed by atoms with Crippen LogP contribution in [0.1, 0.15) is 28.5 Å². The summed E-state index contributed by atoms with van der Waals surface area (Å²) in [5.74, 6) is 0.00770. The lowest BCUT2D eigenvalue weighted by Crippen LogP contribution is -2.44. The second-order valence-electron chi connectivity index (χ2n) is 8.85. The fraction of sp³-hybridized carbons (Fsp3) is 0.172. The highest BCUT2D eigenvalue weighted by Crippen LogP contribution is 2.25. The van der Waals surface area contributed by atoms with Crippen molar-refractivity contribution in [2.75, 3.05) is 0 Å². The summed E-state index contributed by atoms with van der Waals surface area (Å²) in [6.07, 6.45) is 1.55. The normalized spacial score (nSPS) is 11.8. The van der Waals surface area contributed by atoms with Gasteiger partial charge in [-0.1, -0.05) is 77.5 Å². The second kappa shape index (κ2) is 10.9. The molecular formula is C29H27N5O3. The molecule has 1 atom stereocenters. The molecule has 2 heterocycles. The third kappa shape index (κ3) is 5.59. The Kier molecular flexibility index (Phi) is 7.07. The molecule has 186 valence electrons. The summed E-state index contributed by atoms with van der Waals surface area (Å²) in [7, 11) is 0. The van der Waals surface area contributed by atoms with Crippen molar-refractivity contribution in [1.29, 1.82) is 0 Å². The maximum Gasteiger partial charge on any atom is 0.247 e. The Morgan fingerprint density at radius 3 is 2.46 bits per heavy atom. The van der Waals surface area contributed by atoms with E-state index in [4.69, 9.17) is 4.42 Å². The quantitative estimate of drug-likeness (QED) is 0.328. The molecule has 5 rings (SSSR count). The molecule has 0 radical (unpaired) electrons. The monoisotopic (exact) mass is 493 g/mol. The summed E-state index contributed by atoms with van der Waals surface area (Å²) >= 11 is 0. The number of aromatic nitrogens is 3. The number of amides is 2. The molecule has 8 heteroatoms. The van der Waals surface area contributed by atoms with Gasteiger partial charge < -0.3 is 14.6 Å². The van der Waals surface area contributed by atoms with Crippen molar-refractivity contribution in [3.63, 3.8) is 0 Å². The van der Waals surface area contributed by atoms with Crippen molar-refractivity contribution in [3.8, 4) is 0 Å². The van der Waals surface area contributed by atoms with Crippen LogP contribution in [0.2, 0.25) is 0 Å². The summed E-state index contributed by atoms with van der Waals surface area (Å²) in [5.41, 5.74) is 4.18. The number of furan rings is 1. The molecule has 2 aromatic heterocycles. The van der Waals surface area contributed by atoms with E-state index in [2.05, 4.69) is 15.6 Å². The molecule has 0 aliphatic carbocycles. The van der Waals surface area contributed by atoms with Gasteiger partial charge in [-0.3, -0.25) is 9.59 Å². The number of fused-ring (bicyclic) bond motifs is 1. The van der Waals surface area contributed by atoms with Gasteiger partial charge in [0.1, 0.15) is 23.9 Å². The predicted octanol–water partition coefficient (Wildman–Crippen LogP) is 4.42. The first-order chi connectivity index (χ1) is 18.1. The molecule has 0 fully saturated rings. The molecule has 0 unspecified atom stereocenters. The number of carbonyl (C=O) groups excluding carboxylic acids is 2. The summed E-state index contributed by atoms with van der Waals surface area (Å²) in [4.78, 5) is 29.1. The van der Waals surface area contributed by atoms with E-state index in [-0.39, 0.29) is 24.9 Å². The Morgan fingerprint density at radius 1 is 0.946 bits per heavy atom. The zero-order chi connectivity index (χ0) is 25.6. The van der Waals surface area contributed by atoms with Gasteiger partial charge in [-0.05, 0) is 42.3 Å². The molecule has 37 heavy (non-hydrogen) atoms. The molecule has 5 aromatic rings. The van der Waals surface area contributed by atoms with E-state index in [1.807, 2.05) is 85.8 Å². The number of benzene rings is 3. The maximum atomic E-state index is 13.9. The summed E-state index contributed by atoms with van der Waals surface area (Å²) in [6.45, 7) is 2.37. The minimum Gasteiger partial charge on any atom is -0.467 e. The molecule has 0 bridgehead atoms. The van der Waals surface area contributed by atoms with Crippen molar-refractivity contribution in [2.45, 2.75) is 32.6 Å². The van der Waals surface area contributed by atoms with E-state index in [0.717, 1.165) is 16.6 Å². The standard InChI is InChI=1S/C29H27N5O3/c1-21-13-15-23(16-14-21)28(29(36)30-18-22-8-3-2-4-9-22)33(19-24-10-7-17-37-24)27(35)20-34-26-12-6-5-11-25(26)31-32-34/h2-17,28H,18-20H2,1H3,(H,30,36)/t28-/m1/s1. The van der Waals surface area contributed by atoms with Crippen LogP contribution >= 0.6 is 0 Å². The van der Waals surface area contributed by atoms with Gasteiger partial charge in [-0.2, -0.15) is 0 Å². The van der Waals surface area contributed by atoms with Crippen molar-refractivity contribution in [1.82, 2.24) is 25.2 Å². The van der Waals surface area contributed by atoms with Crippen LogP contribution in [0.4, 0.5) is 0 Å². The van der Waals surface area contributed by atoms with Gasteiger partial charge in [0.25, 0.3) is 0 Å². The zero-order valence-electron chi connectivity index (χ0n) is 20.4. The highest BCUT2D eigenvalue weighted by Gasteiger charge is 2.32. The van der Waals surface area contributed by atoms with Crippen LogP contribution in [-0.2, 0) is 29.2 Å². The number of carbonyl (C=O) groups is 2. The lowest BCUT2D eigenvalue weighted by Gasteiger charge is -2.31. The molecule has 0 saturated carbocycles. The molecule has 0 spiro atoms. The predicted molar refractivity (Wildman–Crippen MR) is 139 cm³/mol. The van der Waals surface area contributed by atoms with Gasteiger partial charge in [0.05, 0.1) is 18.3 Å². The molecular weight excluding hydrogens is 466 g/mol. The Bertz CT molecular complexity index is 1480. The van der Waals surface area contributed by atoms with Gasteiger partial charge in [0.2, 0.25) is 11.8 Å². The SMILES string of the molecule is Cc1ccc([C@H](C(=O)NCc2ccccc2)N(Cc2ccco2)C(=O)Cn2nnc3ccccc32)cc1. The summed E-state index contributed by atoms with van der Waals surface area (Å²) < 4.78 is 7.13. The topological polar surface area (TPSA) is 93.3 Å². The van der Waals surface area contributed by atoms with E-state index < -0.39 is 6.04 Å². The van der Waals surface area contributed by atoms with Crippen LogP contribution in [-0.4, -0.2) is 31.7 Å². The van der Waals surface area contributed by atoms with Gasteiger partial charge in [0.15, 0.2) is 0 Å². The number of para-hydroxylation sites is 1. The van der Waals surface area contributed by atoms with Crippen LogP contribution in [0.25, 0.3) is 11.0 Å². The van der Waals surface area contributed by atoms with Crippen LogP contribution in [0, 0.1) is 6.92 Å². The smallest absolute Gasteiger partial charge is 0.247 e. The first kappa shape index (κ1) is 24.0. The van der Waals surface area contributed by atoms with Crippen LogP contribution in [0.3, 0.4) is 0 Å². The molecule has 0 saturated heterocycles. The van der Waals surface area contributed by atoms with E-state index >= 15 is 0 Å². The average Bonchev–Trinajstić information content (AvgIpc) is 3.59. The lowest BCUT2D eigenvalue weighted by atomic mass is 10.0. The van der Waals surface area contributed by atoms with Gasteiger partial charge in [-0.15, -0.1) is 5.10 Å². The van der Waals surface area contributed by atoms with Gasteiger partial charge in [0, 0.05) is 6.54 Å². The van der Waals surface area contributed by atoms with E-state index in [0.29, 0.717) is 23.4 Å². The first-order valence-corrected chi connectivity index (χ1v) is 12.1. The minimum atomic E-state index is -0.878. The van der Waals surface area contributed by atoms with Crippen LogP contribution in [0.5, 0.6) is 0 Å². The molecule has 8 nitrogen and oxygen atoms in total. The molecule has 3 aromatic carbocycles. The minimum absolute atomic E-state index is 0.0739. The summed E-state index contributed by atoms with van der Waals surface area (Å²) in [6, 6.07) is 27.4. The van der Waals surface area contributed by atoms with Gasteiger partial charge in [-0.25, -0.2) is 4.68 Å². The maximum absolute atomic E-state index is 13.9. The molecule has 0 aliphatic rings. The Morgan fingerprint density at radius 2 is 1.70 bits per heavy atom. The number of rotatable bonds is 9.